The average molecular weight is 1880 g/mol. The van der Waals surface area contributed by atoms with Crippen molar-refractivity contribution in [3.8, 4) is 0 Å². The highest BCUT2D eigenvalue weighted by atomic mass is 79.9. The molecular formula is C98H111Br3F6N10O6. The van der Waals surface area contributed by atoms with E-state index in [-0.39, 0.29) is 54.8 Å². The maximum absolute atomic E-state index is 13.2. The number of methoxy groups -OCH3 is 1. The van der Waals surface area contributed by atoms with E-state index in [0.717, 1.165) is 141 Å². The SMILES string of the molecule is CBr.CBr.CBr.COC(C)=O.O=C(N1CCCC2c3ccccc3C[C@@H]21)C(F)(F)F.O=C(N1CCCC2c3ccccc3C[C@@H]21)C(F)(F)F.O=C(c1ccc2nc[nH]c2c1)N1CCCC2c3ccccc3C[C@@H]21.O=C(c1ccc2nc[nH]c2c1)N1CCCC2c3ccccc3C[C@@H]21.c1ccc2c(c1)C[C@@H]1NCCCC21.c1ccc2c(c1)C[C@@H]1NCCCC21. The first kappa shape index (κ1) is 91.7. The number of piperidine rings is 6. The molecule has 4 N–H and O–H groups in total. The molecule has 22 rings (SSSR count). The number of hydrogen-bond acceptors (Lipinski definition) is 10. The molecule has 8 aromatic carbocycles. The van der Waals surface area contributed by atoms with E-state index in [1.807, 2.05) is 102 Å². The molecule has 6 aliphatic heterocycles. The second-order valence-corrected chi connectivity index (χ2v) is 33.3. The fraction of sp³-hybridized carbons (Fsp3) is 0.439. The number of carbonyl (C=O) groups excluding carboxylic acids is 5. The van der Waals surface area contributed by atoms with Crippen LogP contribution in [0.15, 0.2) is 195 Å². The summed E-state index contributed by atoms with van der Waals surface area (Å²) >= 11 is 8.81. The van der Waals surface area contributed by atoms with Gasteiger partial charge in [0, 0.05) is 104 Å². The van der Waals surface area contributed by atoms with Gasteiger partial charge in [0.25, 0.3) is 11.8 Å². The molecule has 0 saturated carbocycles. The molecule has 16 nitrogen and oxygen atoms in total. The minimum atomic E-state index is -4.77. The van der Waals surface area contributed by atoms with Crippen molar-refractivity contribution in [2.45, 2.75) is 207 Å². The summed E-state index contributed by atoms with van der Waals surface area (Å²) in [6, 6.07) is 63.6. The van der Waals surface area contributed by atoms with Crippen molar-refractivity contribution >= 4 is 99.5 Å². The molecule has 2 aromatic heterocycles. The molecule has 6 unspecified atom stereocenters. The number of halogens is 9. The van der Waals surface area contributed by atoms with Crippen LogP contribution in [0.1, 0.15) is 207 Å². The van der Waals surface area contributed by atoms with Crippen molar-refractivity contribution in [2.75, 3.05) is 63.9 Å². The molecule has 6 aliphatic carbocycles. The van der Waals surface area contributed by atoms with E-state index in [1.54, 1.807) is 34.9 Å². The molecular weight excluding hydrogens is 1770 g/mol. The second-order valence-electron chi connectivity index (χ2n) is 33.3. The number of rotatable bonds is 2. The lowest BCUT2D eigenvalue weighted by Crippen LogP contribution is -2.51. The van der Waals surface area contributed by atoms with E-state index >= 15 is 0 Å². The van der Waals surface area contributed by atoms with E-state index in [2.05, 4.69) is 190 Å². The average Bonchev–Trinajstić information content (AvgIpc) is 1.63. The van der Waals surface area contributed by atoms with Crippen LogP contribution >= 0.6 is 47.8 Å². The molecule has 123 heavy (non-hydrogen) atoms. The van der Waals surface area contributed by atoms with E-state index in [4.69, 9.17) is 0 Å². The van der Waals surface area contributed by atoms with Crippen molar-refractivity contribution in [3.05, 3.63) is 273 Å². The Morgan fingerprint density at radius 3 is 0.919 bits per heavy atom. The van der Waals surface area contributed by atoms with Crippen LogP contribution < -0.4 is 10.6 Å². The van der Waals surface area contributed by atoms with Crippen molar-refractivity contribution in [1.29, 1.82) is 0 Å². The molecule has 6 fully saturated rings. The molecule has 25 heteroatoms. The summed E-state index contributed by atoms with van der Waals surface area (Å²) in [5, 5.41) is 7.26. The minimum Gasteiger partial charge on any atom is -0.469 e. The number of aromatic nitrogens is 4. The van der Waals surface area contributed by atoms with Gasteiger partial charge in [-0.15, -0.1) is 0 Å². The number of amides is 4. The molecule has 0 bridgehead atoms. The number of nitrogens with zero attached hydrogens (tertiary/aromatic N) is 6. The van der Waals surface area contributed by atoms with Crippen LogP contribution in [0.3, 0.4) is 0 Å². The molecule has 10 aromatic rings. The summed E-state index contributed by atoms with van der Waals surface area (Å²) in [4.78, 5) is 79.9. The Morgan fingerprint density at radius 1 is 0.366 bits per heavy atom. The van der Waals surface area contributed by atoms with E-state index in [1.165, 1.54) is 101 Å². The van der Waals surface area contributed by atoms with Crippen LogP contribution in [-0.2, 0) is 57.6 Å². The second kappa shape index (κ2) is 42.3. The molecule has 0 radical (unpaired) electrons. The maximum Gasteiger partial charge on any atom is 0.471 e. The summed E-state index contributed by atoms with van der Waals surface area (Å²) in [7, 11) is 1.35. The number of nitrogens with one attached hydrogen (secondary N) is 4. The molecule has 12 atom stereocenters. The quantitative estimate of drug-likeness (QED) is 0.0736. The number of H-pyrrole nitrogens is 2. The Morgan fingerprint density at radius 2 is 0.626 bits per heavy atom. The van der Waals surface area contributed by atoms with Crippen molar-refractivity contribution in [1.82, 2.24) is 50.2 Å². The van der Waals surface area contributed by atoms with Gasteiger partial charge >= 0.3 is 30.1 Å². The van der Waals surface area contributed by atoms with Crippen molar-refractivity contribution < 1.29 is 55.1 Å². The number of likely N-dealkylation sites (tertiary alicyclic amines) is 4. The number of hydrogen-bond donors (Lipinski definition) is 4. The highest BCUT2D eigenvalue weighted by Gasteiger charge is 2.52. The minimum absolute atomic E-state index is 0.0660. The lowest BCUT2D eigenvalue weighted by molar-refractivity contribution is -0.189. The van der Waals surface area contributed by atoms with Gasteiger partial charge < -0.3 is 44.9 Å². The van der Waals surface area contributed by atoms with Gasteiger partial charge in [0.15, 0.2) is 0 Å². The summed E-state index contributed by atoms with van der Waals surface area (Å²) in [6.45, 7) is 5.94. The monoisotopic (exact) mass is 1870 g/mol. The van der Waals surface area contributed by atoms with Gasteiger partial charge in [-0.1, -0.05) is 193 Å². The zero-order valence-corrected chi connectivity index (χ0v) is 75.2. The molecule has 652 valence electrons. The zero-order valence-electron chi connectivity index (χ0n) is 70.4. The Hall–Kier alpha value is -9.01. The predicted octanol–water partition coefficient (Wildman–Crippen LogP) is 20.1. The highest BCUT2D eigenvalue weighted by Crippen LogP contribution is 2.48. The number of esters is 1. The molecule has 6 saturated heterocycles. The maximum atomic E-state index is 13.2. The zero-order chi connectivity index (χ0) is 87.1. The first-order valence-corrected chi connectivity index (χ1v) is 47.9. The van der Waals surface area contributed by atoms with Gasteiger partial charge in [0.05, 0.1) is 41.8 Å². The fourth-order valence-electron chi connectivity index (χ4n) is 21.4. The normalized spacial score (nSPS) is 23.8. The van der Waals surface area contributed by atoms with E-state index in [9.17, 15) is 50.3 Å². The van der Waals surface area contributed by atoms with Gasteiger partial charge in [0.1, 0.15) is 0 Å². The topological polar surface area (TPSA) is 189 Å². The van der Waals surface area contributed by atoms with Crippen LogP contribution in [0.4, 0.5) is 26.3 Å². The number of fused-ring (bicyclic) bond motifs is 20. The van der Waals surface area contributed by atoms with Gasteiger partial charge in [-0.25, -0.2) is 9.97 Å². The fourth-order valence-corrected chi connectivity index (χ4v) is 21.4. The number of imidazole rings is 2. The van der Waals surface area contributed by atoms with Crippen molar-refractivity contribution in [3.63, 3.8) is 0 Å². The number of aromatic amines is 2. The largest absolute Gasteiger partial charge is 0.471 e. The third-order valence-electron chi connectivity index (χ3n) is 26.8. The van der Waals surface area contributed by atoms with Gasteiger partial charge in [-0.3, -0.25) is 24.0 Å². The standard InChI is InChI=1S/2C20H19N3O.2C14H14F3NO.2C12H15N.C3H6O2.3CH3Br/c2*24-20(14-7-8-17-18(10-14)22-12-21-17)23-9-3-6-16-15-5-2-1-4-13(15)11-19(16)23;2*15-14(16,17)13(19)18-7-3-6-11-10-5-2-1-4-9(10)8-12(11)18;2*1-2-5-10-9(4-1)8-12-11(10)6-3-7-13-12;1-3(4)5-2;3*1-2/h2*1-2,4-5,7-8,10,12,16,19H,3,6,9,11H2,(H,21,22);2*1-2,4-5,11-12H,3,6-8H2;2*1-2,4-5,11-13H,3,6-8H2;1-2H3;3*1H3/t2*16?,19-;4*11?,12-;;;;/m000000..../s1. The molecule has 12 aliphatic rings. The summed E-state index contributed by atoms with van der Waals surface area (Å²) < 4.78 is 79.9. The lowest BCUT2D eigenvalue weighted by atomic mass is 9.88. The van der Waals surface area contributed by atoms with Crippen LogP contribution in [0.5, 0.6) is 0 Å². The Labute approximate surface area is 742 Å². The Balaban J connectivity index is 0.000000125. The van der Waals surface area contributed by atoms with Gasteiger partial charge in [-0.05, 0) is 261 Å². The summed E-state index contributed by atoms with van der Waals surface area (Å²) in [5.74, 6) is 4.86. The smallest absolute Gasteiger partial charge is 0.469 e. The van der Waals surface area contributed by atoms with E-state index in [0.29, 0.717) is 49.6 Å². The third-order valence-corrected chi connectivity index (χ3v) is 26.8. The van der Waals surface area contributed by atoms with Gasteiger partial charge in [-0.2, -0.15) is 26.3 Å². The Bertz CT molecular complexity index is 4940. The molecule has 8 heterocycles. The molecule has 0 spiro atoms. The first-order valence-electron chi connectivity index (χ1n) is 43.1. The van der Waals surface area contributed by atoms with Crippen LogP contribution in [0, 0.1) is 0 Å². The first-order chi connectivity index (χ1) is 59.8. The summed E-state index contributed by atoms with van der Waals surface area (Å²) in [5.41, 5.74) is 21.6. The predicted molar refractivity (Wildman–Crippen MR) is 483 cm³/mol. The molecule has 4 amide bonds. The highest BCUT2D eigenvalue weighted by molar-refractivity contribution is 9.09. The third kappa shape index (κ3) is 20.8. The Kier molecular flexibility index (Phi) is 31.5. The van der Waals surface area contributed by atoms with Crippen LogP contribution in [0.2, 0.25) is 0 Å². The number of alkyl halides is 9. The van der Waals surface area contributed by atoms with Crippen molar-refractivity contribution in [2.24, 2.45) is 0 Å². The number of ether oxygens (including phenoxy) is 1. The number of benzene rings is 8. The van der Waals surface area contributed by atoms with E-state index < -0.39 is 24.2 Å². The lowest BCUT2D eigenvalue weighted by Gasteiger charge is -2.38. The van der Waals surface area contributed by atoms with Crippen LogP contribution in [-0.4, -0.2) is 182 Å². The van der Waals surface area contributed by atoms with Crippen LogP contribution in [0.25, 0.3) is 22.1 Å². The van der Waals surface area contributed by atoms with Gasteiger partial charge in [0.2, 0.25) is 0 Å². The number of carbonyl (C=O) groups is 5. The summed E-state index contributed by atoms with van der Waals surface area (Å²) in [6.07, 6.45) is 12.3.